The van der Waals surface area contributed by atoms with Crippen LogP contribution in [-0.4, -0.2) is 21.8 Å². The minimum Gasteiger partial charge on any atom is -0.487 e. The van der Waals surface area contributed by atoms with Crippen LogP contribution < -0.4 is 15.4 Å². The van der Waals surface area contributed by atoms with Crippen molar-refractivity contribution in [2.75, 3.05) is 10.6 Å². The average Bonchev–Trinajstić information content (AvgIpc) is 3.29. The second kappa shape index (κ2) is 11.2. The highest BCUT2D eigenvalue weighted by Gasteiger charge is 2.12. The highest BCUT2D eigenvalue weighted by molar-refractivity contribution is 7.09. The molecule has 0 radical (unpaired) electrons. The van der Waals surface area contributed by atoms with E-state index in [1.807, 2.05) is 30.5 Å². The first-order valence-corrected chi connectivity index (χ1v) is 11.5. The van der Waals surface area contributed by atoms with Crippen LogP contribution in [0.5, 0.6) is 5.75 Å². The van der Waals surface area contributed by atoms with Crippen LogP contribution in [0.4, 0.5) is 15.8 Å². The molecule has 0 aliphatic heterocycles. The maximum Gasteiger partial charge on any atom is 0.274 e. The Morgan fingerprint density at radius 2 is 1.94 bits per heavy atom. The molecule has 7 nitrogen and oxygen atoms in total. The molecule has 9 heteroatoms. The molecule has 176 valence electrons. The van der Waals surface area contributed by atoms with Gasteiger partial charge in [-0.1, -0.05) is 18.2 Å². The number of carbonyl (C=O) groups is 2. The molecule has 0 atom stereocenters. The maximum absolute atomic E-state index is 13.8. The van der Waals surface area contributed by atoms with Gasteiger partial charge in [0.15, 0.2) is 0 Å². The van der Waals surface area contributed by atoms with Gasteiger partial charge in [-0.15, -0.1) is 11.3 Å². The van der Waals surface area contributed by atoms with E-state index in [1.165, 1.54) is 24.4 Å². The molecule has 4 rings (SSSR count). The molecule has 0 saturated carbocycles. The van der Waals surface area contributed by atoms with Gasteiger partial charge in [-0.25, -0.2) is 9.37 Å². The first-order chi connectivity index (χ1) is 17.0. The van der Waals surface area contributed by atoms with Crippen molar-refractivity contribution in [1.82, 2.24) is 9.97 Å². The number of nitrogens with one attached hydrogen (secondary N) is 2. The van der Waals surface area contributed by atoms with Gasteiger partial charge in [-0.2, -0.15) is 0 Å². The Labute approximate surface area is 205 Å². The summed E-state index contributed by atoms with van der Waals surface area (Å²) in [4.78, 5) is 33.3. The molecule has 2 N–H and O–H groups in total. The number of carbonyl (C=O) groups excluding carboxylic acids is 2. The first-order valence-electron chi connectivity index (χ1n) is 10.6. The fraction of sp³-hybridized carbons (Fsp3) is 0.0769. The summed E-state index contributed by atoms with van der Waals surface area (Å²) in [6.45, 7) is 2.29. The Balaban J connectivity index is 1.40. The second-order valence-corrected chi connectivity index (χ2v) is 8.46. The molecule has 0 aliphatic rings. The summed E-state index contributed by atoms with van der Waals surface area (Å²) in [5, 5.41) is 8.17. The van der Waals surface area contributed by atoms with Crippen LogP contribution in [0.3, 0.4) is 0 Å². The third-order valence-electron chi connectivity index (χ3n) is 4.72. The number of hydrogen-bond acceptors (Lipinski definition) is 6. The third-order valence-corrected chi connectivity index (χ3v) is 5.55. The van der Waals surface area contributed by atoms with Crippen molar-refractivity contribution in [3.63, 3.8) is 0 Å². The minimum atomic E-state index is -0.555. The normalized spacial score (nSPS) is 10.8. The van der Waals surface area contributed by atoms with E-state index < -0.39 is 17.6 Å². The minimum absolute atomic E-state index is 0.125. The number of nitrogens with zero attached hydrogens (tertiary/aromatic N) is 2. The van der Waals surface area contributed by atoms with Crippen molar-refractivity contribution in [3.05, 3.63) is 106 Å². The topological polar surface area (TPSA) is 93.2 Å². The summed E-state index contributed by atoms with van der Waals surface area (Å²) >= 11 is 1.56. The summed E-state index contributed by atoms with van der Waals surface area (Å²) in [5.74, 6) is -0.885. The summed E-state index contributed by atoms with van der Waals surface area (Å²) in [7, 11) is 0. The zero-order valence-electron chi connectivity index (χ0n) is 18.7. The van der Waals surface area contributed by atoms with Gasteiger partial charge in [0.1, 0.15) is 23.9 Å². The van der Waals surface area contributed by atoms with Gasteiger partial charge in [0.25, 0.3) is 5.91 Å². The number of thiazole rings is 1. The zero-order valence-corrected chi connectivity index (χ0v) is 19.5. The van der Waals surface area contributed by atoms with Crippen LogP contribution in [0, 0.1) is 12.7 Å². The molecule has 2 amide bonds. The van der Waals surface area contributed by atoms with Gasteiger partial charge < -0.3 is 15.4 Å². The largest absolute Gasteiger partial charge is 0.487 e. The third kappa shape index (κ3) is 6.81. The molecule has 2 aromatic carbocycles. The lowest BCUT2D eigenvalue weighted by Gasteiger charge is -2.11. The molecular weight excluding hydrogens is 467 g/mol. The second-order valence-electron chi connectivity index (χ2n) is 7.40. The molecule has 2 aromatic heterocycles. The zero-order chi connectivity index (χ0) is 24.6. The number of rotatable bonds is 8. The van der Waals surface area contributed by atoms with Crippen molar-refractivity contribution < 1.29 is 18.7 Å². The van der Waals surface area contributed by atoms with Crippen LogP contribution >= 0.6 is 11.3 Å². The Hall–Kier alpha value is -4.37. The maximum atomic E-state index is 13.8. The lowest BCUT2D eigenvalue weighted by Crippen LogP contribution is -2.16. The molecule has 0 bridgehead atoms. The Kier molecular flexibility index (Phi) is 7.59. The van der Waals surface area contributed by atoms with Gasteiger partial charge in [-0.3, -0.25) is 14.6 Å². The highest BCUT2D eigenvalue weighted by Crippen LogP contribution is 2.24. The van der Waals surface area contributed by atoms with Crippen LogP contribution in [0.1, 0.15) is 26.8 Å². The lowest BCUT2D eigenvalue weighted by molar-refractivity contribution is -0.111. The molecule has 0 unspecified atom stereocenters. The molecule has 35 heavy (non-hydrogen) atoms. The van der Waals surface area contributed by atoms with Crippen molar-refractivity contribution in [2.24, 2.45) is 0 Å². The fourth-order valence-electron chi connectivity index (χ4n) is 3.10. The van der Waals surface area contributed by atoms with Crippen LogP contribution in [0.15, 0.2) is 78.3 Å². The molecular formula is C26H21FN4O3S. The van der Waals surface area contributed by atoms with E-state index in [1.54, 1.807) is 41.7 Å². The molecule has 2 heterocycles. The number of ether oxygens (including phenoxy) is 1. The summed E-state index contributed by atoms with van der Waals surface area (Å²) in [5.41, 5.74) is 2.17. The van der Waals surface area contributed by atoms with E-state index in [9.17, 15) is 14.0 Å². The van der Waals surface area contributed by atoms with Gasteiger partial charge in [-0.05, 0) is 61.0 Å². The molecule has 0 saturated heterocycles. The number of aromatic nitrogens is 2. The Morgan fingerprint density at radius 1 is 1.06 bits per heavy atom. The van der Waals surface area contributed by atoms with E-state index in [4.69, 9.17) is 4.74 Å². The van der Waals surface area contributed by atoms with Gasteiger partial charge in [0.2, 0.25) is 5.91 Å². The van der Waals surface area contributed by atoms with E-state index in [2.05, 4.69) is 20.6 Å². The standard InChI is InChI=1S/C26H21FN4O3S/c1-17-29-20(16-35-17)15-34-21-6-4-5-18(13-21)8-11-25(32)30-24-14-19(27)9-10-22(24)31-26(33)23-7-2-3-12-28-23/h2-14,16H,15H2,1H3,(H,30,32)(H,31,33)/b11-8+. The number of halogens is 1. The molecule has 0 aliphatic carbocycles. The Bertz CT molecular complexity index is 1370. The lowest BCUT2D eigenvalue weighted by atomic mass is 10.2. The van der Waals surface area contributed by atoms with Crippen LogP contribution in [0.2, 0.25) is 0 Å². The Morgan fingerprint density at radius 3 is 2.71 bits per heavy atom. The van der Waals surface area contributed by atoms with Gasteiger partial charge in [0.05, 0.1) is 22.1 Å². The number of hydrogen-bond donors (Lipinski definition) is 2. The first kappa shape index (κ1) is 23.8. The van der Waals surface area contributed by atoms with Crippen LogP contribution in [0.25, 0.3) is 6.08 Å². The van der Waals surface area contributed by atoms with Crippen molar-refractivity contribution in [3.8, 4) is 5.75 Å². The molecule has 0 spiro atoms. The van der Waals surface area contributed by atoms with Gasteiger partial charge >= 0.3 is 0 Å². The van der Waals surface area contributed by atoms with Crippen molar-refractivity contribution >= 4 is 40.6 Å². The number of amides is 2. The van der Waals surface area contributed by atoms with Crippen LogP contribution in [-0.2, 0) is 11.4 Å². The number of aryl methyl sites for hydroxylation is 1. The molecule has 4 aromatic rings. The van der Waals surface area contributed by atoms with Gasteiger partial charge in [0, 0.05) is 17.7 Å². The molecule has 0 fully saturated rings. The smallest absolute Gasteiger partial charge is 0.274 e. The summed E-state index contributed by atoms with van der Waals surface area (Å²) < 4.78 is 19.6. The van der Waals surface area contributed by atoms with E-state index in [-0.39, 0.29) is 17.1 Å². The average molecular weight is 489 g/mol. The van der Waals surface area contributed by atoms with E-state index >= 15 is 0 Å². The van der Waals surface area contributed by atoms with E-state index in [0.29, 0.717) is 12.4 Å². The monoisotopic (exact) mass is 488 g/mol. The predicted octanol–water partition coefficient (Wildman–Crippen LogP) is 5.47. The van der Waals surface area contributed by atoms with E-state index in [0.717, 1.165) is 22.3 Å². The predicted molar refractivity (Wildman–Crippen MR) is 134 cm³/mol. The number of anilines is 2. The quantitative estimate of drug-likeness (QED) is 0.321. The SMILES string of the molecule is Cc1nc(COc2cccc(/C=C/C(=O)Nc3cc(F)ccc3NC(=O)c3ccccn3)c2)cs1. The summed E-state index contributed by atoms with van der Waals surface area (Å²) in [6.07, 6.45) is 4.42. The number of benzene rings is 2. The summed E-state index contributed by atoms with van der Waals surface area (Å²) in [6, 6.07) is 15.9. The van der Waals surface area contributed by atoms with Crippen molar-refractivity contribution in [2.45, 2.75) is 13.5 Å². The highest BCUT2D eigenvalue weighted by atomic mass is 32.1. The fourth-order valence-corrected chi connectivity index (χ4v) is 3.70. The number of pyridine rings is 1. The van der Waals surface area contributed by atoms with Crippen molar-refractivity contribution in [1.29, 1.82) is 0 Å².